The maximum atomic E-state index is 11.2. The van der Waals surface area contributed by atoms with Crippen LogP contribution in [-0.4, -0.2) is 23.7 Å². The summed E-state index contributed by atoms with van der Waals surface area (Å²) in [6.45, 7) is 6.12. The Balaban J connectivity index is 2.62. The Morgan fingerprint density at radius 3 is 2.65 bits per heavy atom. The quantitative estimate of drug-likeness (QED) is 0.711. The maximum absolute atomic E-state index is 11.2. The number of carboxylic acids is 1. The topological polar surface area (TPSA) is 49.3 Å². The van der Waals surface area contributed by atoms with E-state index < -0.39 is 11.9 Å². The zero-order chi connectivity index (χ0) is 12.7. The first kappa shape index (κ1) is 13.5. The number of carbonyl (C=O) groups is 1. The van der Waals surface area contributed by atoms with Gasteiger partial charge in [-0.1, -0.05) is 36.4 Å². The summed E-state index contributed by atoms with van der Waals surface area (Å²) in [4.78, 5) is 11.2. The minimum Gasteiger partial charge on any atom is -0.481 e. The molecule has 2 unspecified atom stereocenters. The van der Waals surface area contributed by atoms with Crippen LogP contribution in [0.25, 0.3) is 0 Å². The highest BCUT2D eigenvalue weighted by molar-refractivity contribution is 5.76. The molecule has 0 amide bonds. The van der Waals surface area contributed by atoms with Gasteiger partial charge in [-0.2, -0.15) is 0 Å². The van der Waals surface area contributed by atoms with E-state index in [2.05, 4.69) is 11.9 Å². The number of aliphatic carboxylic acids is 1. The van der Waals surface area contributed by atoms with Crippen molar-refractivity contribution in [1.82, 2.24) is 5.32 Å². The lowest BCUT2D eigenvalue weighted by atomic mass is 9.99. The van der Waals surface area contributed by atoms with Gasteiger partial charge in [0, 0.05) is 12.6 Å². The Kier molecular flexibility index (Phi) is 5.43. The van der Waals surface area contributed by atoms with Crippen LogP contribution >= 0.6 is 0 Å². The van der Waals surface area contributed by atoms with E-state index in [4.69, 9.17) is 0 Å². The van der Waals surface area contributed by atoms with Gasteiger partial charge in [0.25, 0.3) is 0 Å². The van der Waals surface area contributed by atoms with Gasteiger partial charge in [-0.3, -0.25) is 4.79 Å². The molecule has 1 aromatic carbocycles. The summed E-state index contributed by atoms with van der Waals surface area (Å²) >= 11 is 0. The molecule has 0 aliphatic heterocycles. The number of carboxylic acid groups (broad SMARTS) is 1. The lowest BCUT2D eigenvalue weighted by Gasteiger charge is -2.17. The van der Waals surface area contributed by atoms with Crippen molar-refractivity contribution in [3.8, 4) is 0 Å². The number of nitrogens with one attached hydrogen (secondary N) is 1. The van der Waals surface area contributed by atoms with Crippen LogP contribution in [0.3, 0.4) is 0 Å². The molecule has 0 aliphatic rings. The fraction of sp³-hybridized carbons (Fsp3) is 0.357. The van der Waals surface area contributed by atoms with Crippen molar-refractivity contribution in [3.63, 3.8) is 0 Å². The van der Waals surface area contributed by atoms with Gasteiger partial charge in [0.05, 0.1) is 5.92 Å². The summed E-state index contributed by atoms with van der Waals surface area (Å²) in [6, 6.07) is 9.54. The molecule has 0 aliphatic carbocycles. The predicted octanol–water partition coefficient (Wildman–Crippen LogP) is 2.41. The lowest BCUT2D eigenvalue weighted by molar-refractivity contribution is -0.138. The Labute approximate surface area is 102 Å². The zero-order valence-electron chi connectivity index (χ0n) is 10.1. The third kappa shape index (κ3) is 4.41. The lowest BCUT2D eigenvalue weighted by Crippen LogP contribution is -2.32. The molecule has 92 valence electrons. The fourth-order valence-electron chi connectivity index (χ4n) is 1.69. The van der Waals surface area contributed by atoms with Crippen molar-refractivity contribution in [1.29, 1.82) is 0 Å². The molecule has 0 spiro atoms. The van der Waals surface area contributed by atoms with Crippen LogP contribution < -0.4 is 5.32 Å². The van der Waals surface area contributed by atoms with E-state index in [1.807, 2.05) is 43.3 Å². The minimum atomic E-state index is -0.797. The Morgan fingerprint density at radius 1 is 1.47 bits per heavy atom. The summed E-state index contributed by atoms with van der Waals surface area (Å²) < 4.78 is 0. The normalized spacial score (nSPS) is 13.9. The van der Waals surface area contributed by atoms with Crippen LogP contribution in [0.4, 0.5) is 0 Å². The second-order valence-corrected chi connectivity index (χ2v) is 4.14. The van der Waals surface area contributed by atoms with E-state index >= 15 is 0 Å². The number of benzene rings is 1. The highest BCUT2D eigenvalue weighted by Gasteiger charge is 2.19. The van der Waals surface area contributed by atoms with Crippen molar-refractivity contribution in [2.75, 3.05) is 6.54 Å². The monoisotopic (exact) mass is 233 g/mol. The average molecular weight is 233 g/mol. The third-order valence-corrected chi connectivity index (χ3v) is 2.69. The van der Waals surface area contributed by atoms with E-state index in [0.29, 0.717) is 6.54 Å². The summed E-state index contributed by atoms with van der Waals surface area (Å²) in [6.07, 6.45) is 2.66. The molecule has 17 heavy (non-hydrogen) atoms. The SMILES string of the molecule is C=CCC(C)NCC(C(=O)O)c1ccccc1. The molecule has 0 heterocycles. The van der Waals surface area contributed by atoms with Crippen molar-refractivity contribution in [2.24, 2.45) is 0 Å². The summed E-state index contributed by atoms with van der Waals surface area (Å²) in [5.41, 5.74) is 0.832. The van der Waals surface area contributed by atoms with Crippen molar-refractivity contribution in [2.45, 2.75) is 25.3 Å². The van der Waals surface area contributed by atoms with E-state index in [9.17, 15) is 9.90 Å². The van der Waals surface area contributed by atoms with Gasteiger partial charge in [0.2, 0.25) is 0 Å². The van der Waals surface area contributed by atoms with Crippen LogP contribution in [-0.2, 0) is 4.79 Å². The molecule has 0 fully saturated rings. The van der Waals surface area contributed by atoms with E-state index in [1.54, 1.807) is 0 Å². The first-order valence-corrected chi connectivity index (χ1v) is 5.77. The molecule has 1 rings (SSSR count). The molecule has 0 saturated carbocycles. The van der Waals surface area contributed by atoms with Crippen LogP contribution in [0.2, 0.25) is 0 Å². The number of rotatable bonds is 7. The summed E-state index contributed by atoms with van der Waals surface area (Å²) in [7, 11) is 0. The van der Waals surface area contributed by atoms with Crippen LogP contribution in [0, 0.1) is 0 Å². The van der Waals surface area contributed by atoms with Gasteiger partial charge < -0.3 is 10.4 Å². The molecular weight excluding hydrogens is 214 g/mol. The maximum Gasteiger partial charge on any atom is 0.312 e. The van der Waals surface area contributed by atoms with Crippen LogP contribution in [0.15, 0.2) is 43.0 Å². The highest BCUT2D eigenvalue weighted by Crippen LogP contribution is 2.15. The van der Waals surface area contributed by atoms with Crippen molar-refractivity contribution >= 4 is 5.97 Å². The highest BCUT2D eigenvalue weighted by atomic mass is 16.4. The van der Waals surface area contributed by atoms with Gasteiger partial charge in [-0.15, -0.1) is 6.58 Å². The minimum absolute atomic E-state index is 0.248. The van der Waals surface area contributed by atoms with Gasteiger partial charge in [-0.25, -0.2) is 0 Å². The molecule has 2 N–H and O–H groups in total. The van der Waals surface area contributed by atoms with Gasteiger partial charge >= 0.3 is 5.97 Å². The molecule has 0 radical (unpaired) electrons. The second-order valence-electron chi connectivity index (χ2n) is 4.14. The smallest absolute Gasteiger partial charge is 0.312 e. The van der Waals surface area contributed by atoms with Crippen LogP contribution in [0.5, 0.6) is 0 Å². The van der Waals surface area contributed by atoms with Crippen LogP contribution in [0.1, 0.15) is 24.8 Å². The summed E-state index contributed by atoms with van der Waals surface area (Å²) in [5.74, 6) is -1.29. The summed E-state index contributed by atoms with van der Waals surface area (Å²) in [5, 5.41) is 12.4. The van der Waals surface area contributed by atoms with Crippen molar-refractivity contribution in [3.05, 3.63) is 48.6 Å². The molecule has 3 heteroatoms. The molecule has 0 bridgehead atoms. The standard InChI is InChI=1S/C14H19NO2/c1-3-7-11(2)15-10-13(14(16)17)12-8-5-4-6-9-12/h3-6,8-9,11,13,15H,1,7,10H2,2H3,(H,16,17). The molecule has 3 nitrogen and oxygen atoms in total. The van der Waals surface area contributed by atoms with E-state index in [1.165, 1.54) is 0 Å². The van der Waals surface area contributed by atoms with Gasteiger partial charge in [-0.05, 0) is 18.9 Å². The van der Waals surface area contributed by atoms with E-state index in [-0.39, 0.29) is 6.04 Å². The number of hydrogen-bond donors (Lipinski definition) is 2. The molecule has 0 saturated heterocycles. The number of hydrogen-bond acceptors (Lipinski definition) is 2. The average Bonchev–Trinajstić information content (AvgIpc) is 2.30. The molecule has 1 aromatic rings. The molecular formula is C14H19NO2. The first-order chi connectivity index (χ1) is 8.15. The first-order valence-electron chi connectivity index (χ1n) is 5.77. The molecule has 2 atom stereocenters. The Bertz CT molecular complexity index is 362. The predicted molar refractivity (Wildman–Crippen MR) is 69.1 cm³/mol. The second kappa shape index (κ2) is 6.86. The third-order valence-electron chi connectivity index (χ3n) is 2.69. The van der Waals surface area contributed by atoms with Gasteiger partial charge in [0.1, 0.15) is 0 Å². The largest absolute Gasteiger partial charge is 0.481 e. The molecule has 0 aromatic heterocycles. The zero-order valence-corrected chi connectivity index (χ0v) is 10.1. The van der Waals surface area contributed by atoms with Crippen molar-refractivity contribution < 1.29 is 9.90 Å². The van der Waals surface area contributed by atoms with E-state index in [0.717, 1.165) is 12.0 Å². The van der Waals surface area contributed by atoms with Gasteiger partial charge in [0.15, 0.2) is 0 Å². The Hall–Kier alpha value is -1.61. The fourth-order valence-corrected chi connectivity index (χ4v) is 1.69. The Morgan fingerprint density at radius 2 is 2.12 bits per heavy atom.